The van der Waals surface area contributed by atoms with Crippen LogP contribution in [0.15, 0.2) is 24.3 Å². The minimum atomic E-state index is 0.179. The monoisotopic (exact) mass is 232 g/mol. The zero-order valence-electron chi connectivity index (χ0n) is 10.4. The Morgan fingerprint density at radius 1 is 1.53 bits per heavy atom. The number of aryl methyl sites for hydroxylation is 2. The van der Waals surface area contributed by atoms with E-state index >= 15 is 0 Å². The number of hydrogen-bond acceptors (Lipinski definition) is 2. The van der Waals surface area contributed by atoms with Crippen LogP contribution >= 0.6 is 0 Å². The van der Waals surface area contributed by atoms with Crippen molar-refractivity contribution < 1.29 is 4.79 Å². The van der Waals surface area contributed by atoms with Crippen molar-refractivity contribution in [2.24, 2.45) is 5.73 Å². The van der Waals surface area contributed by atoms with Gasteiger partial charge in [-0.15, -0.1) is 0 Å². The molecule has 0 radical (unpaired) electrons. The molecule has 1 heterocycles. The fourth-order valence-electron chi connectivity index (χ4n) is 2.29. The summed E-state index contributed by atoms with van der Waals surface area (Å²) in [6.07, 6.45) is 2.36. The molecule has 0 aromatic heterocycles. The smallest absolute Gasteiger partial charge is 0.222 e. The summed E-state index contributed by atoms with van der Waals surface area (Å²) in [5.74, 6) is 0.236. The Balaban J connectivity index is 1.84. The first kappa shape index (κ1) is 12.1. The first-order valence-corrected chi connectivity index (χ1v) is 6.24. The molecule has 2 N–H and O–H groups in total. The van der Waals surface area contributed by atoms with Crippen molar-refractivity contribution in [3.63, 3.8) is 0 Å². The van der Waals surface area contributed by atoms with Crippen molar-refractivity contribution in [2.45, 2.75) is 32.2 Å². The minimum Gasteiger partial charge on any atom is -0.341 e. The van der Waals surface area contributed by atoms with Crippen molar-refractivity contribution in [1.29, 1.82) is 0 Å². The van der Waals surface area contributed by atoms with Crippen LogP contribution in [0.5, 0.6) is 0 Å². The molecule has 0 unspecified atom stereocenters. The third kappa shape index (κ3) is 3.30. The Morgan fingerprint density at radius 2 is 2.35 bits per heavy atom. The molecule has 1 aromatic rings. The predicted molar refractivity (Wildman–Crippen MR) is 68.7 cm³/mol. The van der Waals surface area contributed by atoms with Gasteiger partial charge in [0, 0.05) is 25.6 Å². The van der Waals surface area contributed by atoms with Crippen LogP contribution in [0.3, 0.4) is 0 Å². The van der Waals surface area contributed by atoms with Crippen LogP contribution in [-0.4, -0.2) is 29.9 Å². The van der Waals surface area contributed by atoms with Crippen molar-refractivity contribution in [1.82, 2.24) is 4.90 Å². The van der Waals surface area contributed by atoms with Gasteiger partial charge in [-0.25, -0.2) is 0 Å². The molecule has 92 valence electrons. The van der Waals surface area contributed by atoms with Gasteiger partial charge in [0.15, 0.2) is 0 Å². The summed E-state index contributed by atoms with van der Waals surface area (Å²) in [5.41, 5.74) is 8.28. The number of carbonyl (C=O) groups excluding carboxylic acids is 1. The van der Waals surface area contributed by atoms with E-state index in [0.717, 1.165) is 25.9 Å². The Morgan fingerprint density at radius 3 is 3.00 bits per heavy atom. The van der Waals surface area contributed by atoms with E-state index in [4.69, 9.17) is 5.73 Å². The maximum atomic E-state index is 11.9. The molecular weight excluding hydrogens is 212 g/mol. The molecule has 1 saturated heterocycles. The summed E-state index contributed by atoms with van der Waals surface area (Å²) in [6.45, 7) is 3.63. The largest absolute Gasteiger partial charge is 0.341 e. The zero-order chi connectivity index (χ0) is 12.3. The molecular formula is C14H20N2O. The molecule has 0 spiro atoms. The summed E-state index contributed by atoms with van der Waals surface area (Å²) in [7, 11) is 0. The summed E-state index contributed by atoms with van der Waals surface area (Å²) in [5, 5.41) is 0. The highest BCUT2D eigenvalue weighted by molar-refractivity contribution is 5.76. The number of hydrogen-bond donors (Lipinski definition) is 1. The van der Waals surface area contributed by atoms with Crippen LogP contribution in [0.2, 0.25) is 0 Å². The summed E-state index contributed by atoms with van der Waals surface area (Å²) < 4.78 is 0. The van der Waals surface area contributed by atoms with Gasteiger partial charge in [-0.3, -0.25) is 4.79 Å². The molecule has 1 aromatic carbocycles. The van der Waals surface area contributed by atoms with E-state index in [9.17, 15) is 4.79 Å². The Bertz CT molecular complexity index is 403. The van der Waals surface area contributed by atoms with E-state index in [2.05, 4.69) is 25.1 Å². The van der Waals surface area contributed by atoms with Gasteiger partial charge in [-0.1, -0.05) is 29.8 Å². The van der Waals surface area contributed by atoms with E-state index in [0.29, 0.717) is 6.42 Å². The lowest BCUT2D eigenvalue weighted by molar-refractivity contribution is -0.130. The van der Waals surface area contributed by atoms with Crippen LogP contribution in [0.4, 0.5) is 0 Å². The second-order valence-electron chi connectivity index (χ2n) is 4.88. The van der Waals surface area contributed by atoms with Gasteiger partial charge < -0.3 is 10.6 Å². The van der Waals surface area contributed by atoms with Gasteiger partial charge >= 0.3 is 0 Å². The lowest BCUT2D eigenvalue weighted by atomic mass is 10.1. The summed E-state index contributed by atoms with van der Waals surface area (Å²) >= 11 is 0. The normalized spacial score (nSPS) is 19.6. The number of nitrogens with zero attached hydrogens (tertiary/aromatic N) is 1. The van der Waals surface area contributed by atoms with E-state index in [1.165, 1.54) is 11.1 Å². The number of carbonyl (C=O) groups is 1. The molecule has 1 amide bonds. The van der Waals surface area contributed by atoms with Crippen LogP contribution in [-0.2, 0) is 11.2 Å². The van der Waals surface area contributed by atoms with Crippen molar-refractivity contribution in [3.8, 4) is 0 Å². The molecule has 0 saturated carbocycles. The third-order valence-corrected chi connectivity index (χ3v) is 3.29. The molecule has 3 nitrogen and oxygen atoms in total. The summed E-state index contributed by atoms with van der Waals surface area (Å²) in [4.78, 5) is 13.8. The molecule has 1 aliphatic rings. The molecule has 17 heavy (non-hydrogen) atoms. The van der Waals surface area contributed by atoms with Crippen molar-refractivity contribution in [3.05, 3.63) is 35.4 Å². The fourth-order valence-corrected chi connectivity index (χ4v) is 2.29. The number of benzene rings is 1. The third-order valence-electron chi connectivity index (χ3n) is 3.29. The second kappa shape index (κ2) is 5.32. The highest BCUT2D eigenvalue weighted by Crippen LogP contribution is 2.11. The second-order valence-corrected chi connectivity index (χ2v) is 4.88. The molecule has 2 rings (SSSR count). The minimum absolute atomic E-state index is 0.179. The maximum absolute atomic E-state index is 11.9. The molecule has 1 atom stereocenters. The fraction of sp³-hybridized carbons (Fsp3) is 0.500. The van der Waals surface area contributed by atoms with E-state index in [1.807, 2.05) is 11.0 Å². The standard InChI is InChI=1S/C14H20N2O/c1-11-3-2-4-12(9-11)5-6-14(17)16-8-7-13(15)10-16/h2-4,9,13H,5-8,10,15H2,1H3/t13-/m0/s1. The number of likely N-dealkylation sites (tertiary alicyclic amines) is 1. The maximum Gasteiger partial charge on any atom is 0.222 e. The van der Waals surface area contributed by atoms with Crippen LogP contribution < -0.4 is 5.73 Å². The number of nitrogens with two attached hydrogens (primary N) is 1. The van der Waals surface area contributed by atoms with Gasteiger partial charge in [0.2, 0.25) is 5.91 Å². The van der Waals surface area contributed by atoms with E-state index in [1.54, 1.807) is 0 Å². The van der Waals surface area contributed by atoms with Crippen LogP contribution in [0.1, 0.15) is 24.0 Å². The molecule has 1 aliphatic heterocycles. The van der Waals surface area contributed by atoms with Crippen molar-refractivity contribution in [2.75, 3.05) is 13.1 Å². The molecule has 0 bridgehead atoms. The average Bonchev–Trinajstić information content (AvgIpc) is 2.73. The quantitative estimate of drug-likeness (QED) is 0.858. The topological polar surface area (TPSA) is 46.3 Å². The zero-order valence-corrected chi connectivity index (χ0v) is 10.4. The lowest BCUT2D eigenvalue weighted by Gasteiger charge is -2.15. The van der Waals surface area contributed by atoms with E-state index < -0.39 is 0 Å². The average molecular weight is 232 g/mol. The SMILES string of the molecule is Cc1cccc(CCC(=O)N2CC[C@H](N)C2)c1. The molecule has 0 aliphatic carbocycles. The van der Waals surface area contributed by atoms with Gasteiger partial charge in [0.25, 0.3) is 0 Å². The van der Waals surface area contributed by atoms with Crippen LogP contribution in [0, 0.1) is 6.92 Å². The highest BCUT2D eigenvalue weighted by atomic mass is 16.2. The highest BCUT2D eigenvalue weighted by Gasteiger charge is 2.22. The Labute approximate surface area is 103 Å². The Kier molecular flexibility index (Phi) is 3.79. The molecule has 1 fully saturated rings. The predicted octanol–water partition coefficient (Wildman–Crippen LogP) is 1.49. The lowest BCUT2D eigenvalue weighted by Crippen LogP contribution is -2.31. The van der Waals surface area contributed by atoms with Gasteiger partial charge in [0.05, 0.1) is 0 Å². The van der Waals surface area contributed by atoms with E-state index in [-0.39, 0.29) is 11.9 Å². The van der Waals surface area contributed by atoms with Gasteiger partial charge in [-0.05, 0) is 25.3 Å². The number of rotatable bonds is 3. The number of amides is 1. The molecule has 3 heteroatoms. The van der Waals surface area contributed by atoms with Crippen LogP contribution in [0.25, 0.3) is 0 Å². The van der Waals surface area contributed by atoms with Gasteiger partial charge in [-0.2, -0.15) is 0 Å². The Hall–Kier alpha value is -1.35. The first-order valence-electron chi connectivity index (χ1n) is 6.24. The van der Waals surface area contributed by atoms with Gasteiger partial charge in [0.1, 0.15) is 0 Å². The summed E-state index contributed by atoms with van der Waals surface area (Å²) in [6, 6.07) is 8.52. The van der Waals surface area contributed by atoms with Crippen molar-refractivity contribution >= 4 is 5.91 Å². The first-order chi connectivity index (χ1) is 8.15.